The molecule has 6 heteroatoms. The highest BCUT2D eigenvalue weighted by atomic mass is 35.5. The van der Waals surface area contributed by atoms with E-state index in [0.717, 1.165) is 36.3 Å². The van der Waals surface area contributed by atoms with E-state index in [9.17, 15) is 10.1 Å². The van der Waals surface area contributed by atoms with Crippen LogP contribution in [0.4, 0.5) is 5.82 Å². The van der Waals surface area contributed by atoms with Crippen LogP contribution in [0.2, 0.25) is 5.15 Å². The van der Waals surface area contributed by atoms with Crippen molar-refractivity contribution in [3.05, 3.63) is 33.0 Å². The quantitative estimate of drug-likeness (QED) is 0.476. The number of anilines is 1. The lowest BCUT2D eigenvalue weighted by Crippen LogP contribution is -2.23. The minimum absolute atomic E-state index is 0.103. The van der Waals surface area contributed by atoms with Gasteiger partial charge in [-0.25, -0.2) is 4.98 Å². The number of halogens is 1. The Morgan fingerprint density at radius 2 is 2.17 bits per heavy atom. The summed E-state index contributed by atoms with van der Waals surface area (Å²) in [4.78, 5) is 16.6. The van der Waals surface area contributed by atoms with Gasteiger partial charge in [-0.2, -0.15) is 0 Å². The third-order valence-corrected chi connectivity index (χ3v) is 4.11. The molecular weight excluding hydrogens is 254 g/mol. The monoisotopic (exact) mass is 267 g/mol. The molecule has 1 aromatic heterocycles. The largest absolute Gasteiger partial charge is 0.356 e. The third kappa shape index (κ3) is 2.27. The fourth-order valence-electron chi connectivity index (χ4n) is 2.61. The van der Waals surface area contributed by atoms with Crippen molar-refractivity contribution in [2.24, 2.45) is 11.8 Å². The number of hydrogen-bond donors (Lipinski definition) is 0. The molecule has 2 unspecified atom stereocenters. The molecule has 2 fully saturated rings. The highest BCUT2D eigenvalue weighted by molar-refractivity contribution is 6.30. The van der Waals surface area contributed by atoms with E-state index in [4.69, 9.17) is 11.6 Å². The van der Waals surface area contributed by atoms with Gasteiger partial charge in [-0.1, -0.05) is 17.7 Å². The van der Waals surface area contributed by atoms with Gasteiger partial charge in [-0.15, -0.1) is 0 Å². The van der Waals surface area contributed by atoms with Crippen LogP contribution >= 0.6 is 11.6 Å². The Balaban J connectivity index is 1.70. The molecule has 0 radical (unpaired) electrons. The van der Waals surface area contributed by atoms with Crippen LogP contribution in [0, 0.1) is 22.0 Å². The lowest BCUT2D eigenvalue weighted by atomic mass is 10.2. The zero-order valence-corrected chi connectivity index (χ0v) is 10.6. The van der Waals surface area contributed by atoms with Gasteiger partial charge in [0.15, 0.2) is 0 Å². The number of aromatic nitrogens is 1. The molecule has 0 aromatic carbocycles. The smallest absolute Gasteiger partial charge is 0.208 e. The lowest BCUT2D eigenvalue weighted by molar-refractivity contribution is -0.479. The van der Waals surface area contributed by atoms with E-state index in [-0.39, 0.29) is 11.5 Å². The Labute approximate surface area is 110 Å². The summed E-state index contributed by atoms with van der Waals surface area (Å²) in [6, 6.07) is 3.78. The first-order chi connectivity index (χ1) is 8.63. The summed E-state index contributed by atoms with van der Waals surface area (Å²) in [6.45, 7) is 2.04. The second-order valence-corrected chi connectivity index (χ2v) is 5.44. The van der Waals surface area contributed by atoms with Gasteiger partial charge < -0.3 is 4.90 Å². The molecule has 18 heavy (non-hydrogen) atoms. The van der Waals surface area contributed by atoms with Gasteiger partial charge >= 0.3 is 0 Å². The number of piperidine rings is 1. The molecular formula is C12H14ClN3O2. The fraction of sp³-hybridized carbons (Fsp3) is 0.583. The average molecular weight is 268 g/mol. The minimum atomic E-state index is -0.335. The van der Waals surface area contributed by atoms with Crippen molar-refractivity contribution in [1.29, 1.82) is 0 Å². The predicted molar refractivity (Wildman–Crippen MR) is 68.6 cm³/mol. The molecule has 0 bridgehead atoms. The standard InChI is InChI=1S/C12H14ClN3O2/c13-12-8(3-4-16(17)18)1-2-11(14-12)15-6-9-5-10(9)7-15/h1-2,9-10H,3-7H2. The summed E-state index contributed by atoms with van der Waals surface area (Å²) in [7, 11) is 0. The van der Waals surface area contributed by atoms with E-state index >= 15 is 0 Å². The molecule has 1 aromatic rings. The first-order valence-corrected chi connectivity index (χ1v) is 6.53. The molecule has 2 atom stereocenters. The first kappa shape index (κ1) is 11.7. The maximum atomic E-state index is 10.3. The molecule has 3 rings (SSSR count). The van der Waals surface area contributed by atoms with Crippen LogP contribution in [0.25, 0.3) is 0 Å². The Kier molecular flexibility index (Phi) is 2.86. The highest BCUT2D eigenvalue weighted by Gasteiger charge is 2.45. The molecule has 1 saturated carbocycles. The van der Waals surface area contributed by atoms with Gasteiger partial charge in [-0.3, -0.25) is 10.1 Å². The normalized spacial score (nSPS) is 25.1. The summed E-state index contributed by atoms with van der Waals surface area (Å²) in [5, 5.41) is 10.7. The zero-order valence-electron chi connectivity index (χ0n) is 9.88. The van der Waals surface area contributed by atoms with Crippen LogP contribution in [0.1, 0.15) is 12.0 Å². The molecule has 2 heterocycles. The number of fused-ring (bicyclic) bond motifs is 1. The molecule has 2 aliphatic rings. The fourth-order valence-corrected chi connectivity index (χ4v) is 2.86. The number of hydrogen-bond acceptors (Lipinski definition) is 4. The molecule has 1 saturated heterocycles. The summed E-state index contributed by atoms with van der Waals surface area (Å²) in [5.74, 6) is 2.59. The number of nitrogens with zero attached hydrogens (tertiary/aromatic N) is 3. The summed E-state index contributed by atoms with van der Waals surface area (Å²) in [6.07, 6.45) is 1.69. The van der Waals surface area contributed by atoms with Gasteiger partial charge in [0.2, 0.25) is 6.54 Å². The molecule has 0 amide bonds. The molecule has 96 valence electrons. The van der Waals surface area contributed by atoms with Gasteiger partial charge in [0.1, 0.15) is 11.0 Å². The summed E-state index contributed by atoms with van der Waals surface area (Å²) in [5.41, 5.74) is 0.751. The van der Waals surface area contributed by atoms with E-state index in [1.165, 1.54) is 6.42 Å². The Morgan fingerprint density at radius 1 is 1.44 bits per heavy atom. The van der Waals surface area contributed by atoms with Crippen LogP contribution in [0.15, 0.2) is 12.1 Å². The Morgan fingerprint density at radius 3 is 2.78 bits per heavy atom. The summed E-state index contributed by atoms with van der Waals surface area (Å²) >= 11 is 6.08. The van der Waals surface area contributed by atoms with Crippen LogP contribution in [0.3, 0.4) is 0 Å². The maximum Gasteiger partial charge on any atom is 0.208 e. The molecule has 5 nitrogen and oxygen atoms in total. The van der Waals surface area contributed by atoms with Gasteiger partial charge in [0.25, 0.3) is 0 Å². The van der Waals surface area contributed by atoms with Crippen LogP contribution in [-0.4, -0.2) is 29.5 Å². The second kappa shape index (κ2) is 4.39. The number of rotatable bonds is 4. The SMILES string of the molecule is O=[N+]([O-])CCc1ccc(N2CC3CC3C2)nc1Cl. The van der Waals surface area contributed by atoms with E-state index in [2.05, 4.69) is 9.88 Å². The Bertz CT molecular complexity index is 484. The van der Waals surface area contributed by atoms with E-state index in [1.807, 2.05) is 12.1 Å². The van der Waals surface area contributed by atoms with Crippen molar-refractivity contribution in [3.8, 4) is 0 Å². The molecule has 0 spiro atoms. The number of nitro groups is 1. The van der Waals surface area contributed by atoms with Crippen molar-refractivity contribution in [3.63, 3.8) is 0 Å². The Hall–Kier alpha value is -1.36. The second-order valence-electron chi connectivity index (χ2n) is 5.09. The van der Waals surface area contributed by atoms with E-state index in [1.54, 1.807) is 0 Å². The molecule has 1 aliphatic heterocycles. The van der Waals surface area contributed by atoms with E-state index < -0.39 is 0 Å². The van der Waals surface area contributed by atoms with Crippen LogP contribution in [-0.2, 0) is 6.42 Å². The van der Waals surface area contributed by atoms with Crippen molar-refractivity contribution in [1.82, 2.24) is 4.98 Å². The van der Waals surface area contributed by atoms with E-state index in [0.29, 0.717) is 11.6 Å². The van der Waals surface area contributed by atoms with Crippen molar-refractivity contribution in [2.75, 3.05) is 24.5 Å². The average Bonchev–Trinajstić information content (AvgIpc) is 2.94. The zero-order chi connectivity index (χ0) is 12.7. The maximum absolute atomic E-state index is 10.3. The van der Waals surface area contributed by atoms with Crippen molar-refractivity contribution in [2.45, 2.75) is 12.8 Å². The minimum Gasteiger partial charge on any atom is -0.356 e. The molecule has 1 aliphatic carbocycles. The van der Waals surface area contributed by atoms with Crippen LogP contribution < -0.4 is 4.90 Å². The van der Waals surface area contributed by atoms with Gasteiger partial charge in [0.05, 0.1) is 0 Å². The van der Waals surface area contributed by atoms with Gasteiger partial charge in [0, 0.05) is 24.4 Å². The molecule has 0 N–H and O–H groups in total. The third-order valence-electron chi connectivity index (χ3n) is 3.78. The van der Waals surface area contributed by atoms with Crippen LogP contribution in [0.5, 0.6) is 0 Å². The summed E-state index contributed by atoms with van der Waals surface area (Å²) < 4.78 is 0. The predicted octanol–water partition coefficient (Wildman–Crippen LogP) is 2.01. The van der Waals surface area contributed by atoms with Gasteiger partial charge in [-0.05, 0) is 29.9 Å². The first-order valence-electron chi connectivity index (χ1n) is 6.15. The highest BCUT2D eigenvalue weighted by Crippen LogP contribution is 2.46. The lowest BCUT2D eigenvalue weighted by Gasteiger charge is -2.19. The topological polar surface area (TPSA) is 59.3 Å². The van der Waals surface area contributed by atoms with Crippen molar-refractivity contribution >= 4 is 17.4 Å². The number of pyridine rings is 1. The van der Waals surface area contributed by atoms with Crippen molar-refractivity contribution < 1.29 is 4.92 Å².